The monoisotopic (exact) mass is 338 g/mol. The zero-order valence-electron chi connectivity index (χ0n) is 8.00. The summed E-state index contributed by atoms with van der Waals surface area (Å²) < 4.78 is 29.9. The van der Waals surface area contributed by atoms with Crippen LogP contribution in [-0.2, 0) is 4.74 Å². The number of ether oxygens (including phenoxy) is 1. The Balaban J connectivity index is 3.55. The molecule has 1 aromatic rings. The number of carbonyl (C=O) groups is 1. The van der Waals surface area contributed by atoms with E-state index in [2.05, 4.69) is 9.72 Å². The molecule has 0 aliphatic heterocycles. The molecule has 0 spiro atoms. The fourth-order valence-corrected chi connectivity index (χ4v) is 1.62. The van der Waals surface area contributed by atoms with Crippen LogP contribution in [0.1, 0.15) is 28.0 Å². The van der Waals surface area contributed by atoms with Crippen molar-refractivity contribution in [3.63, 3.8) is 0 Å². The van der Waals surface area contributed by atoms with Gasteiger partial charge in [0.05, 0.1) is 16.2 Å². The van der Waals surface area contributed by atoms with Crippen LogP contribution in [0, 0.1) is 14.9 Å². The van der Waals surface area contributed by atoms with Gasteiger partial charge in [-0.25, -0.2) is 13.6 Å². The molecule has 0 saturated carbocycles. The molecule has 0 unspecified atom stereocenters. The molecule has 0 radical (unpaired) electrons. The van der Waals surface area contributed by atoms with Gasteiger partial charge in [-0.15, -0.1) is 0 Å². The summed E-state index contributed by atoms with van der Waals surface area (Å²) in [5.74, 6) is -0.988. The van der Waals surface area contributed by atoms with E-state index in [9.17, 15) is 13.6 Å². The molecule has 1 rings (SSSR count). The Kier molecular flexibility index (Phi) is 4.12. The van der Waals surface area contributed by atoms with E-state index in [1.54, 1.807) is 28.7 Å². The van der Waals surface area contributed by atoms with Gasteiger partial charge in [-0.05, 0) is 22.6 Å². The van der Waals surface area contributed by atoms with Crippen LogP contribution in [0.25, 0.3) is 0 Å². The maximum atomic E-state index is 12.6. The number of esters is 1. The number of hydrogen-bond donors (Lipinski definition) is 0. The number of aromatic nitrogens is 1. The predicted octanol–water partition coefficient (Wildman–Crippen LogP) is 2.28. The molecule has 16 heavy (non-hydrogen) atoms. The van der Waals surface area contributed by atoms with Crippen molar-refractivity contribution in [2.75, 3.05) is 7.11 Å². The van der Waals surface area contributed by atoms with Gasteiger partial charge >= 0.3 is 5.97 Å². The van der Waals surface area contributed by atoms with Crippen LogP contribution in [0.4, 0.5) is 8.78 Å². The molecule has 0 aromatic carbocycles. The zero-order chi connectivity index (χ0) is 12.3. The number of nitriles is 1. The van der Waals surface area contributed by atoms with E-state index in [1.165, 1.54) is 0 Å². The van der Waals surface area contributed by atoms with Crippen LogP contribution in [0.5, 0.6) is 0 Å². The van der Waals surface area contributed by atoms with Crippen LogP contribution in [-0.4, -0.2) is 18.1 Å². The Morgan fingerprint density at radius 1 is 1.69 bits per heavy atom. The molecule has 0 N–H and O–H groups in total. The molecular weight excluding hydrogens is 333 g/mol. The van der Waals surface area contributed by atoms with Crippen molar-refractivity contribution in [3.8, 4) is 6.07 Å². The lowest BCUT2D eigenvalue weighted by molar-refractivity contribution is 0.0586. The van der Waals surface area contributed by atoms with Crippen LogP contribution in [0.15, 0.2) is 6.20 Å². The zero-order valence-corrected chi connectivity index (χ0v) is 10.2. The number of rotatable bonds is 2. The average Bonchev–Trinajstić information content (AvgIpc) is 2.27. The first-order chi connectivity index (χ1) is 7.52. The van der Waals surface area contributed by atoms with E-state index in [-0.39, 0.29) is 5.56 Å². The largest absolute Gasteiger partial charge is 0.465 e. The average molecular weight is 338 g/mol. The molecular formula is C9H5F2IN2O2. The van der Waals surface area contributed by atoms with E-state index in [0.29, 0.717) is 3.57 Å². The molecule has 0 aliphatic carbocycles. The molecule has 1 heterocycles. The predicted molar refractivity (Wildman–Crippen MR) is 58.0 cm³/mol. The Labute approximate surface area is 103 Å². The Hall–Kier alpha value is -1.30. The smallest absolute Gasteiger partial charge is 0.341 e. The third-order valence-corrected chi connectivity index (χ3v) is 2.59. The number of methoxy groups -OCH3 is 1. The molecule has 84 valence electrons. The first-order valence-corrected chi connectivity index (χ1v) is 5.05. The van der Waals surface area contributed by atoms with Crippen molar-refractivity contribution in [2.45, 2.75) is 6.43 Å². The minimum absolute atomic E-state index is 0.141. The Morgan fingerprint density at radius 2 is 2.31 bits per heavy atom. The summed E-state index contributed by atoms with van der Waals surface area (Å²) in [6.07, 6.45) is -1.81. The lowest BCUT2D eigenvalue weighted by Crippen LogP contribution is -2.12. The van der Waals surface area contributed by atoms with E-state index in [4.69, 9.17) is 5.26 Å². The van der Waals surface area contributed by atoms with E-state index in [0.717, 1.165) is 13.3 Å². The summed E-state index contributed by atoms with van der Waals surface area (Å²) in [5, 5.41) is 8.81. The number of alkyl halides is 2. The third-order valence-electron chi connectivity index (χ3n) is 1.77. The topological polar surface area (TPSA) is 63.0 Å². The first-order valence-electron chi connectivity index (χ1n) is 3.97. The van der Waals surface area contributed by atoms with Gasteiger partial charge in [0.1, 0.15) is 17.3 Å². The van der Waals surface area contributed by atoms with Crippen molar-refractivity contribution in [2.24, 2.45) is 0 Å². The molecule has 1 aromatic heterocycles. The van der Waals surface area contributed by atoms with Crippen LogP contribution >= 0.6 is 22.6 Å². The summed E-state index contributed by atoms with van der Waals surface area (Å²) in [5.41, 5.74) is -1.34. The lowest BCUT2D eigenvalue weighted by atomic mass is 10.1. The van der Waals surface area contributed by atoms with E-state index in [1.807, 2.05) is 0 Å². The summed E-state index contributed by atoms with van der Waals surface area (Å²) in [6, 6.07) is 1.69. The van der Waals surface area contributed by atoms with Gasteiger partial charge < -0.3 is 4.74 Å². The molecule has 4 nitrogen and oxygen atoms in total. The highest BCUT2D eigenvalue weighted by Gasteiger charge is 2.26. The fourth-order valence-electron chi connectivity index (χ4n) is 1.09. The van der Waals surface area contributed by atoms with E-state index < -0.39 is 23.7 Å². The molecule has 0 aliphatic rings. The highest BCUT2D eigenvalue weighted by atomic mass is 127. The maximum Gasteiger partial charge on any atom is 0.341 e. The molecule has 0 atom stereocenters. The minimum Gasteiger partial charge on any atom is -0.465 e. The molecule has 0 saturated heterocycles. The Bertz CT molecular complexity index is 471. The van der Waals surface area contributed by atoms with Crippen LogP contribution < -0.4 is 0 Å². The summed E-state index contributed by atoms with van der Waals surface area (Å²) in [6.45, 7) is 0. The number of nitrogens with zero attached hydrogens (tertiary/aromatic N) is 2. The third kappa shape index (κ3) is 2.27. The van der Waals surface area contributed by atoms with Crippen LogP contribution in [0.2, 0.25) is 0 Å². The molecule has 0 bridgehead atoms. The van der Waals surface area contributed by atoms with Crippen molar-refractivity contribution >= 4 is 28.6 Å². The van der Waals surface area contributed by atoms with Gasteiger partial charge in [0.15, 0.2) is 0 Å². The second-order valence-corrected chi connectivity index (χ2v) is 3.81. The summed E-state index contributed by atoms with van der Waals surface area (Å²) in [7, 11) is 1.05. The number of hydrogen-bond acceptors (Lipinski definition) is 4. The van der Waals surface area contributed by atoms with Gasteiger partial charge in [0, 0.05) is 6.20 Å². The minimum atomic E-state index is -2.93. The lowest BCUT2D eigenvalue weighted by Gasteiger charge is -2.08. The second-order valence-electron chi connectivity index (χ2n) is 2.65. The van der Waals surface area contributed by atoms with E-state index >= 15 is 0 Å². The first kappa shape index (κ1) is 12.8. The molecule has 7 heteroatoms. The van der Waals surface area contributed by atoms with Crippen molar-refractivity contribution < 1.29 is 18.3 Å². The number of halogens is 3. The second kappa shape index (κ2) is 5.16. The molecule has 0 amide bonds. The van der Waals surface area contributed by atoms with Crippen molar-refractivity contribution in [3.05, 3.63) is 26.6 Å². The highest BCUT2D eigenvalue weighted by molar-refractivity contribution is 14.1. The van der Waals surface area contributed by atoms with Crippen molar-refractivity contribution in [1.29, 1.82) is 5.26 Å². The van der Waals surface area contributed by atoms with Gasteiger partial charge in [-0.1, -0.05) is 0 Å². The summed E-state index contributed by atoms with van der Waals surface area (Å²) >= 11 is 1.74. The van der Waals surface area contributed by atoms with Gasteiger partial charge in [0.2, 0.25) is 0 Å². The van der Waals surface area contributed by atoms with Crippen molar-refractivity contribution in [1.82, 2.24) is 4.98 Å². The summed E-state index contributed by atoms with van der Waals surface area (Å²) in [4.78, 5) is 14.8. The fraction of sp³-hybridized carbons (Fsp3) is 0.222. The quantitative estimate of drug-likeness (QED) is 0.613. The highest BCUT2D eigenvalue weighted by Crippen LogP contribution is 2.26. The van der Waals surface area contributed by atoms with Crippen LogP contribution in [0.3, 0.4) is 0 Å². The number of carbonyl (C=O) groups excluding carboxylic acids is 1. The maximum absolute atomic E-state index is 12.6. The van der Waals surface area contributed by atoms with Gasteiger partial charge in [0.25, 0.3) is 6.43 Å². The Morgan fingerprint density at radius 3 is 2.75 bits per heavy atom. The van der Waals surface area contributed by atoms with Gasteiger partial charge in [-0.2, -0.15) is 5.26 Å². The van der Waals surface area contributed by atoms with Gasteiger partial charge in [-0.3, -0.25) is 4.98 Å². The SMILES string of the molecule is COC(=O)c1c(C(F)F)ncc(I)c1C#N. The normalized spacial score (nSPS) is 10.0. The number of pyridine rings is 1. The standard InChI is InChI=1S/C9H5F2IN2O2/c1-16-9(15)6-4(2-13)5(12)3-14-7(6)8(10)11/h3,8H,1H3. The molecule has 0 fully saturated rings.